The summed E-state index contributed by atoms with van der Waals surface area (Å²) in [7, 11) is 0. The maximum absolute atomic E-state index is 12.7. The van der Waals surface area contributed by atoms with Crippen LogP contribution in [0.4, 0.5) is 5.69 Å². The summed E-state index contributed by atoms with van der Waals surface area (Å²) in [5, 5.41) is 14.6. The smallest absolute Gasteiger partial charge is 0.291 e. The maximum Gasteiger partial charge on any atom is 0.291 e. The van der Waals surface area contributed by atoms with Gasteiger partial charge in [-0.1, -0.05) is 54.1 Å². The van der Waals surface area contributed by atoms with Crippen molar-refractivity contribution < 1.29 is 9.21 Å². The summed E-state index contributed by atoms with van der Waals surface area (Å²) in [6.07, 6.45) is 3.44. The summed E-state index contributed by atoms with van der Waals surface area (Å²) in [6.45, 7) is 4.75. The lowest BCUT2D eigenvalue weighted by Crippen LogP contribution is -2.10. The van der Waals surface area contributed by atoms with Gasteiger partial charge in [-0.05, 0) is 42.3 Å². The van der Waals surface area contributed by atoms with Crippen molar-refractivity contribution in [3.63, 3.8) is 0 Å². The monoisotopic (exact) mass is 459 g/mol. The van der Waals surface area contributed by atoms with Crippen LogP contribution in [0.5, 0.6) is 0 Å². The second-order valence-electron chi connectivity index (χ2n) is 7.93. The van der Waals surface area contributed by atoms with Crippen LogP contribution in [0.15, 0.2) is 71.4 Å². The van der Waals surface area contributed by atoms with E-state index >= 15 is 0 Å². The van der Waals surface area contributed by atoms with Crippen LogP contribution in [0, 0.1) is 13.8 Å². The second-order valence-corrected chi connectivity index (χ2v) is 8.31. The van der Waals surface area contributed by atoms with E-state index in [4.69, 9.17) is 16.0 Å². The van der Waals surface area contributed by atoms with Gasteiger partial charge in [0, 0.05) is 6.20 Å². The molecule has 33 heavy (non-hydrogen) atoms. The molecule has 0 fully saturated rings. The predicted octanol–water partition coefficient (Wildman–Crippen LogP) is 5.44. The number of fused-ring (bicyclic) bond motifs is 1. The van der Waals surface area contributed by atoms with E-state index in [1.54, 1.807) is 33.9 Å². The fourth-order valence-electron chi connectivity index (χ4n) is 3.87. The van der Waals surface area contributed by atoms with E-state index in [0.29, 0.717) is 29.6 Å². The third-order valence-corrected chi connectivity index (χ3v) is 6.13. The summed E-state index contributed by atoms with van der Waals surface area (Å²) >= 11 is 6.21. The van der Waals surface area contributed by atoms with Crippen LogP contribution in [-0.4, -0.2) is 25.5 Å². The highest BCUT2D eigenvalue weighted by Crippen LogP contribution is 2.22. The molecular formula is C25H22ClN5O2. The number of hydrogen-bond donors (Lipinski definition) is 1. The summed E-state index contributed by atoms with van der Waals surface area (Å²) in [6, 6.07) is 17.9. The molecule has 0 aliphatic rings. The highest BCUT2D eigenvalue weighted by atomic mass is 35.5. The number of aryl methyl sites for hydroxylation is 1. The Morgan fingerprint density at radius 3 is 2.70 bits per heavy atom. The first-order chi connectivity index (χ1) is 16.0. The van der Waals surface area contributed by atoms with Crippen LogP contribution < -0.4 is 5.32 Å². The Kier molecular flexibility index (Phi) is 5.48. The summed E-state index contributed by atoms with van der Waals surface area (Å²) in [5.74, 6) is 0.505. The van der Waals surface area contributed by atoms with Gasteiger partial charge < -0.3 is 9.73 Å². The molecule has 8 heteroatoms. The minimum Gasteiger partial charge on any atom is -0.454 e. The van der Waals surface area contributed by atoms with Gasteiger partial charge in [-0.3, -0.25) is 14.2 Å². The molecule has 0 saturated heterocycles. The van der Waals surface area contributed by atoms with Gasteiger partial charge >= 0.3 is 0 Å². The van der Waals surface area contributed by atoms with Gasteiger partial charge in [0.15, 0.2) is 5.76 Å². The maximum atomic E-state index is 12.7. The number of halogens is 1. The Hall–Kier alpha value is -3.84. The van der Waals surface area contributed by atoms with E-state index in [1.165, 1.54) is 10.8 Å². The molecule has 0 saturated carbocycles. The highest BCUT2D eigenvalue weighted by Gasteiger charge is 2.15. The Morgan fingerprint density at radius 1 is 1.06 bits per heavy atom. The van der Waals surface area contributed by atoms with Crippen molar-refractivity contribution in [1.29, 1.82) is 0 Å². The number of aromatic nitrogens is 4. The minimum atomic E-state index is -0.336. The number of nitrogens with one attached hydrogen (secondary N) is 1. The first-order valence-corrected chi connectivity index (χ1v) is 10.9. The molecule has 0 aliphatic heterocycles. The van der Waals surface area contributed by atoms with Crippen LogP contribution in [0.3, 0.4) is 0 Å². The van der Waals surface area contributed by atoms with E-state index < -0.39 is 0 Å². The van der Waals surface area contributed by atoms with Crippen molar-refractivity contribution in [2.45, 2.75) is 26.9 Å². The lowest BCUT2D eigenvalue weighted by atomic mass is 10.0. The Bertz CT molecular complexity index is 1460. The lowest BCUT2D eigenvalue weighted by molar-refractivity contribution is 0.0994. The average molecular weight is 460 g/mol. The first kappa shape index (κ1) is 21.0. The normalized spacial score (nSPS) is 11.2. The molecule has 2 aromatic carbocycles. The van der Waals surface area contributed by atoms with Crippen molar-refractivity contribution in [2.75, 3.05) is 5.32 Å². The molecule has 1 N–H and O–H groups in total. The Morgan fingerprint density at radius 2 is 1.88 bits per heavy atom. The van der Waals surface area contributed by atoms with E-state index in [9.17, 15) is 4.79 Å². The summed E-state index contributed by atoms with van der Waals surface area (Å²) in [5.41, 5.74) is 3.38. The molecule has 0 spiro atoms. The molecule has 166 valence electrons. The number of furan rings is 1. The van der Waals surface area contributed by atoms with Gasteiger partial charge in [0.2, 0.25) is 0 Å². The molecule has 5 rings (SSSR count). The number of carbonyl (C=O) groups is 1. The first-order valence-electron chi connectivity index (χ1n) is 10.6. The standard InChI is InChI=1S/C25H22ClN5O2/c1-16-24(26)17(2)31(29-16)15-21-10-11-23(33-21)25(32)28-20-12-27-30(14-20)13-19-8-5-7-18-6-3-4-9-22(18)19/h3-12,14H,13,15H2,1-2H3,(H,28,32). The fourth-order valence-corrected chi connectivity index (χ4v) is 4.01. The SMILES string of the molecule is Cc1nn(Cc2ccc(C(=O)Nc3cnn(Cc4cccc5ccccc45)c3)o2)c(C)c1Cl. The molecule has 0 aliphatic carbocycles. The third kappa shape index (κ3) is 4.27. The molecule has 0 atom stereocenters. The summed E-state index contributed by atoms with van der Waals surface area (Å²) in [4.78, 5) is 12.7. The van der Waals surface area contributed by atoms with Gasteiger partial charge in [0.1, 0.15) is 5.76 Å². The molecular weight excluding hydrogens is 438 g/mol. The zero-order valence-electron chi connectivity index (χ0n) is 18.2. The zero-order valence-corrected chi connectivity index (χ0v) is 19.0. The third-order valence-electron chi connectivity index (χ3n) is 5.59. The quantitative estimate of drug-likeness (QED) is 0.366. The van der Waals surface area contributed by atoms with Crippen molar-refractivity contribution in [3.05, 3.63) is 100 Å². The van der Waals surface area contributed by atoms with E-state index in [-0.39, 0.29) is 11.7 Å². The van der Waals surface area contributed by atoms with Gasteiger partial charge in [-0.2, -0.15) is 10.2 Å². The minimum absolute atomic E-state index is 0.222. The average Bonchev–Trinajstić information content (AvgIpc) is 3.52. The number of carbonyl (C=O) groups excluding carboxylic acids is 1. The van der Waals surface area contributed by atoms with Crippen LogP contribution >= 0.6 is 11.6 Å². The molecule has 1 amide bonds. The van der Waals surface area contributed by atoms with Crippen LogP contribution in [-0.2, 0) is 13.1 Å². The summed E-state index contributed by atoms with van der Waals surface area (Å²) < 4.78 is 9.30. The van der Waals surface area contributed by atoms with Gasteiger partial charge in [0.25, 0.3) is 5.91 Å². The van der Waals surface area contributed by atoms with Crippen LogP contribution in [0.1, 0.15) is 33.3 Å². The molecule has 7 nitrogen and oxygen atoms in total. The number of hydrogen-bond acceptors (Lipinski definition) is 4. The van der Waals surface area contributed by atoms with Gasteiger partial charge in [-0.25, -0.2) is 0 Å². The van der Waals surface area contributed by atoms with Crippen molar-refractivity contribution in [1.82, 2.24) is 19.6 Å². The molecule has 3 heterocycles. The van der Waals surface area contributed by atoms with Crippen molar-refractivity contribution in [3.8, 4) is 0 Å². The Labute approximate surface area is 195 Å². The number of rotatable bonds is 6. The fraction of sp³-hybridized carbons (Fsp3) is 0.160. The highest BCUT2D eigenvalue weighted by molar-refractivity contribution is 6.31. The van der Waals surface area contributed by atoms with Gasteiger partial charge in [-0.15, -0.1) is 0 Å². The number of anilines is 1. The topological polar surface area (TPSA) is 77.9 Å². The molecule has 0 unspecified atom stereocenters. The largest absolute Gasteiger partial charge is 0.454 e. The molecule has 5 aromatic rings. The molecule has 0 radical (unpaired) electrons. The van der Waals surface area contributed by atoms with Crippen molar-refractivity contribution in [2.24, 2.45) is 0 Å². The van der Waals surface area contributed by atoms with Crippen molar-refractivity contribution >= 4 is 34.0 Å². The van der Waals surface area contributed by atoms with E-state index in [1.807, 2.05) is 32.0 Å². The van der Waals surface area contributed by atoms with Crippen LogP contribution in [0.2, 0.25) is 5.02 Å². The Balaban J connectivity index is 1.26. The lowest BCUT2D eigenvalue weighted by Gasteiger charge is -2.06. The zero-order chi connectivity index (χ0) is 22.9. The van der Waals surface area contributed by atoms with E-state index in [2.05, 4.69) is 39.8 Å². The van der Waals surface area contributed by atoms with E-state index in [0.717, 1.165) is 17.0 Å². The van der Waals surface area contributed by atoms with Gasteiger partial charge in [0.05, 0.1) is 41.4 Å². The number of benzene rings is 2. The molecule has 0 bridgehead atoms. The predicted molar refractivity (Wildman–Crippen MR) is 128 cm³/mol. The van der Waals surface area contributed by atoms with Crippen LogP contribution in [0.25, 0.3) is 10.8 Å². The second kappa shape index (κ2) is 8.60. The number of amides is 1. The number of nitrogens with zero attached hydrogens (tertiary/aromatic N) is 4. The molecule has 3 aromatic heterocycles.